The van der Waals surface area contributed by atoms with Gasteiger partial charge in [-0.25, -0.2) is 4.79 Å². The maximum Gasteiger partial charge on any atom is 0.317 e. The van der Waals surface area contributed by atoms with Crippen LogP contribution in [0.1, 0.15) is 24.0 Å². The summed E-state index contributed by atoms with van der Waals surface area (Å²) in [5.41, 5.74) is 2.41. The third-order valence-electron chi connectivity index (χ3n) is 4.03. The summed E-state index contributed by atoms with van der Waals surface area (Å²) >= 11 is 1.67. The number of carbonyl (C=O) groups is 1. The Balaban J connectivity index is 1.48. The molecule has 1 aromatic heterocycles. The molecule has 0 radical (unpaired) electrons. The highest BCUT2D eigenvalue weighted by Crippen LogP contribution is 2.28. The predicted molar refractivity (Wildman–Crippen MR) is 93.0 cm³/mol. The average Bonchev–Trinajstić information content (AvgIpc) is 3.29. The number of ether oxygens (including phenoxy) is 1. The highest BCUT2D eigenvalue weighted by molar-refractivity contribution is 7.07. The SMILES string of the molecule is COc1ccc(CCNC(=O)N(Cc2ccsc2)C2CC2)cc1. The molecule has 0 bridgehead atoms. The summed E-state index contributed by atoms with van der Waals surface area (Å²) in [6, 6.07) is 10.5. The van der Waals surface area contributed by atoms with Crippen molar-refractivity contribution < 1.29 is 9.53 Å². The van der Waals surface area contributed by atoms with Crippen molar-refractivity contribution in [2.24, 2.45) is 0 Å². The highest BCUT2D eigenvalue weighted by Gasteiger charge is 2.32. The van der Waals surface area contributed by atoms with Crippen LogP contribution < -0.4 is 10.1 Å². The summed E-state index contributed by atoms with van der Waals surface area (Å²) < 4.78 is 5.15. The third-order valence-corrected chi connectivity index (χ3v) is 4.76. The summed E-state index contributed by atoms with van der Waals surface area (Å²) in [6.45, 7) is 1.36. The Morgan fingerprint density at radius 3 is 2.65 bits per heavy atom. The number of benzene rings is 1. The molecule has 1 aliphatic carbocycles. The second-order valence-corrected chi connectivity index (χ2v) is 6.60. The predicted octanol–water partition coefficient (Wildman–Crippen LogP) is 3.67. The fourth-order valence-electron chi connectivity index (χ4n) is 2.54. The summed E-state index contributed by atoms with van der Waals surface area (Å²) in [6.07, 6.45) is 3.07. The molecule has 1 saturated carbocycles. The number of amides is 2. The van der Waals surface area contributed by atoms with Crippen LogP contribution in [0.2, 0.25) is 0 Å². The van der Waals surface area contributed by atoms with Crippen LogP contribution in [0.3, 0.4) is 0 Å². The molecule has 122 valence electrons. The van der Waals surface area contributed by atoms with E-state index in [2.05, 4.69) is 22.1 Å². The van der Waals surface area contributed by atoms with Gasteiger partial charge in [-0.1, -0.05) is 12.1 Å². The van der Waals surface area contributed by atoms with E-state index < -0.39 is 0 Å². The standard InChI is InChI=1S/C18H22N2O2S/c1-22-17-6-2-14(3-7-17)8-10-19-18(21)20(16-4-5-16)12-15-9-11-23-13-15/h2-3,6-7,9,11,13,16H,4-5,8,10,12H2,1H3,(H,19,21). The van der Waals surface area contributed by atoms with Crippen molar-refractivity contribution in [2.45, 2.75) is 31.8 Å². The van der Waals surface area contributed by atoms with Crippen LogP contribution >= 0.6 is 11.3 Å². The van der Waals surface area contributed by atoms with Gasteiger partial charge in [0.2, 0.25) is 0 Å². The normalized spacial score (nSPS) is 13.6. The molecule has 0 atom stereocenters. The van der Waals surface area contributed by atoms with Gasteiger partial charge in [-0.05, 0) is 59.3 Å². The lowest BCUT2D eigenvalue weighted by atomic mass is 10.1. The number of thiophene rings is 1. The highest BCUT2D eigenvalue weighted by atomic mass is 32.1. The quantitative estimate of drug-likeness (QED) is 0.841. The van der Waals surface area contributed by atoms with E-state index in [1.54, 1.807) is 18.4 Å². The maximum absolute atomic E-state index is 12.4. The molecule has 1 fully saturated rings. The molecule has 2 aromatic rings. The van der Waals surface area contributed by atoms with Crippen LogP contribution in [0.15, 0.2) is 41.1 Å². The molecule has 2 amide bonds. The van der Waals surface area contributed by atoms with Gasteiger partial charge < -0.3 is 15.0 Å². The molecule has 0 aliphatic heterocycles. The van der Waals surface area contributed by atoms with Gasteiger partial charge >= 0.3 is 6.03 Å². The van der Waals surface area contributed by atoms with E-state index in [-0.39, 0.29) is 6.03 Å². The molecule has 1 aliphatic rings. The summed E-state index contributed by atoms with van der Waals surface area (Å²) in [5.74, 6) is 0.855. The number of methoxy groups -OCH3 is 1. The first-order chi connectivity index (χ1) is 11.3. The number of nitrogens with zero attached hydrogens (tertiary/aromatic N) is 1. The van der Waals surface area contributed by atoms with E-state index in [1.807, 2.05) is 29.2 Å². The number of urea groups is 1. The van der Waals surface area contributed by atoms with E-state index in [4.69, 9.17) is 4.74 Å². The smallest absolute Gasteiger partial charge is 0.317 e. The number of hydrogen-bond donors (Lipinski definition) is 1. The van der Waals surface area contributed by atoms with Crippen LogP contribution in [0.4, 0.5) is 4.79 Å². The molecule has 1 N–H and O–H groups in total. The van der Waals surface area contributed by atoms with E-state index in [0.29, 0.717) is 19.1 Å². The minimum atomic E-state index is 0.0483. The van der Waals surface area contributed by atoms with Crippen LogP contribution in [0.5, 0.6) is 5.75 Å². The molecule has 5 heteroatoms. The van der Waals surface area contributed by atoms with Gasteiger partial charge in [0, 0.05) is 19.1 Å². The van der Waals surface area contributed by atoms with Crippen LogP contribution in [-0.4, -0.2) is 30.6 Å². The Hall–Kier alpha value is -2.01. The zero-order valence-corrected chi connectivity index (χ0v) is 14.1. The molecule has 4 nitrogen and oxygen atoms in total. The zero-order valence-electron chi connectivity index (χ0n) is 13.3. The van der Waals surface area contributed by atoms with Crippen LogP contribution in [0.25, 0.3) is 0 Å². The second-order valence-electron chi connectivity index (χ2n) is 5.82. The van der Waals surface area contributed by atoms with Gasteiger partial charge in [-0.15, -0.1) is 0 Å². The van der Waals surface area contributed by atoms with Crippen molar-refractivity contribution in [3.05, 3.63) is 52.2 Å². The Labute approximate surface area is 141 Å². The summed E-state index contributed by atoms with van der Waals surface area (Å²) in [5, 5.41) is 7.22. The topological polar surface area (TPSA) is 41.6 Å². The number of nitrogens with one attached hydrogen (secondary N) is 1. The van der Waals surface area contributed by atoms with Gasteiger partial charge in [0.1, 0.15) is 5.75 Å². The molecule has 1 heterocycles. The van der Waals surface area contributed by atoms with Gasteiger partial charge in [-0.3, -0.25) is 0 Å². The van der Waals surface area contributed by atoms with Crippen molar-refractivity contribution in [3.8, 4) is 5.75 Å². The summed E-state index contributed by atoms with van der Waals surface area (Å²) in [7, 11) is 1.66. The molecule has 0 spiro atoms. The Morgan fingerprint density at radius 1 is 1.26 bits per heavy atom. The Morgan fingerprint density at radius 2 is 2.04 bits per heavy atom. The van der Waals surface area contributed by atoms with E-state index >= 15 is 0 Å². The molecule has 0 saturated heterocycles. The van der Waals surface area contributed by atoms with Crippen LogP contribution in [0, 0.1) is 0 Å². The zero-order chi connectivity index (χ0) is 16.1. The largest absolute Gasteiger partial charge is 0.497 e. The minimum absolute atomic E-state index is 0.0483. The Kier molecular flexibility index (Phi) is 5.18. The fourth-order valence-corrected chi connectivity index (χ4v) is 3.20. The van der Waals surface area contributed by atoms with E-state index in [1.165, 1.54) is 11.1 Å². The molecule has 23 heavy (non-hydrogen) atoms. The lowest BCUT2D eigenvalue weighted by Gasteiger charge is -2.22. The van der Waals surface area contributed by atoms with Gasteiger partial charge in [0.05, 0.1) is 7.11 Å². The monoisotopic (exact) mass is 330 g/mol. The van der Waals surface area contributed by atoms with Gasteiger partial charge in [0.15, 0.2) is 0 Å². The maximum atomic E-state index is 12.4. The number of hydrogen-bond acceptors (Lipinski definition) is 3. The van der Waals surface area contributed by atoms with Crippen molar-refractivity contribution in [1.82, 2.24) is 10.2 Å². The summed E-state index contributed by atoms with van der Waals surface area (Å²) in [4.78, 5) is 14.4. The average molecular weight is 330 g/mol. The minimum Gasteiger partial charge on any atom is -0.497 e. The van der Waals surface area contributed by atoms with Crippen molar-refractivity contribution in [1.29, 1.82) is 0 Å². The number of carbonyl (C=O) groups excluding carboxylic acids is 1. The number of rotatable bonds is 7. The molecule has 1 aromatic carbocycles. The molecular weight excluding hydrogens is 308 g/mol. The van der Waals surface area contributed by atoms with Crippen molar-refractivity contribution >= 4 is 17.4 Å². The van der Waals surface area contributed by atoms with Crippen molar-refractivity contribution in [2.75, 3.05) is 13.7 Å². The first-order valence-electron chi connectivity index (χ1n) is 7.95. The second kappa shape index (κ2) is 7.51. The van der Waals surface area contributed by atoms with Gasteiger partial charge in [0.25, 0.3) is 0 Å². The lowest BCUT2D eigenvalue weighted by Crippen LogP contribution is -2.41. The molecule has 3 rings (SSSR count). The van der Waals surface area contributed by atoms with E-state index in [9.17, 15) is 4.79 Å². The molecular formula is C18H22N2O2S. The van der Waals surface area contributed by atoms with E-state index in [0.717, 1.165) is 25.0 Å². The first-order valence-corrected chi connectivity index (χ1v) is 8.89. The van der Waals surface area contributed by atoms with Crippen LogP contribution in [-0.2, 0) is 13.0 Å². The lowest BCUT2D eigenvalue weighted by molar-refractivity contribution is 0.192. The van der Waals surface area contributed by atoms with Gasteiger partial charge in [-0.2, -0.15) is 11.3 Å². The van der Waals surface area contributed by atoms with Crippen molar-refractivity contribution in [3.63, 3.8) is 0 Å². The Bertz CT molecular complexity index is 621. The molecule has 0 unspecified atom stereocenters. The third kappa shape index (κ3) is 4.48. The fraction of sp³-hybridized carbons (Fsp3) is 0.389. The first kappa shape index (κ1) is 15.9.